The molecule has 0 aliphatic heterocycles. The Morgan fingerprint density at radius 2 is 1.59 bits per heavy atom. The second-order valence-corrected chi connectivity index (χ2v) is 16.9. The Morgan fingerprint density at radius 3 is 2.09 bits per heavy atom. The van der Waals surface area contributed by atoms with E-state index in [0.29, 0.717) is 23.2 Å². The van der Waals surface area contributed by atoms with Crippen molar-refractivity contribution in [3.05, 3.63) is 59.9 Å². The van der Waals surface area contributed by atoms with E-state index in [1.54, 1.807) is 0 Å². The smallest absolute Gasteiger partial charge is 0.407 e. The Morgan fingerprint density at radius 1 is 1.03 bits per heavy atom. The highest BCUT2D eigenvalue weighted by Gasteiger charge is 2.45. The van der Waals surface area contributed by atoms with Crippen molar-refractivity contribution in [3.63, 3.8) is 0 Å². The Balaban J connectivity index is 2.38. The quantitative estimate of drug-likeness (QED) is 0.280. The van der Waals surface area contributed by atoms with Gasteiger partial charge in [0.15, 0.2) is 8.24 Å². The standard InChI is InChI=1S/C27H45N3O3Si/c1-20(2)34(21(3)4,22(5)6)29-16-15-24(19-29)25(17-28-26(31)33-27(7,8)9)30(32)18-23-13-11-10-12-14-23/h10-16,19-22,25,32H,17-18H2,1-9H3,(H,28,31). The van der Waals surface area contributed by atoms with E-state index in [1.165, 1.54) is 5.06 Å². The SMILES string of the molecule is CC(C)[Si](C(C)C)(C(C)C)n1ccc(C(CNC(=O)OC(C)(C)C)N(O)Cc2ccccc2)c1. The van der Waals surface area contributed by atoms with Gasteiger partial charge in [0.1, 0.15) is 5.60 Å². The van der Waals surface area contributed by atoms with Crippen molar-refractivity contribution in [2.75, 3.05) is 6.54 Å². The number of carbonyl (C=O) groups excluding carboxylic acids is 1. The highest BCUT2D eigenvalue weighted by atomic mass is 28.3. The van der Waals surface area contributed by atoms with Crippen LogP contribution >= 0.6 is 0 Å². The highest BCUT2D eigenvalue weighted by Crippen LogP contribution is 2.43. The molecule has 0 radical (unpaired) electrons. The minimum atomic E-state index is -1.91. The molecule has 1 heterocycles. The maximum atomic E-state index is 12.4. The van der Waals surface area contributed by atoms with Gasteiger partial charge in [-0.25, -0.2) is 4.79 Å². The molecule has 2 N–H and O–H groups in total. The zero-order chi connectivity index (χ0) is 25.7. The molecule has 0 aliphatic carbocycles. The average Bonchev–Trinajstić information content (AvgIpc) is 3.16. The number of nitrogens with zero attached hydrogens (tertiary/aromatic N) is 2. The number of nitrogens with one attached hydrogen (secondary N) is 1. The Hall–Kier alpha value is -2.09. The lowest BCUT2D eigenvalue weighted by atomic mass is 10.1. The zero-order valence-electron chi connectivity index (χ0n) is 22.5. The van der Waals surface area contributed by atoms with Crippen LogP contribution in [-0.2, 0) is 11.3 Å². The van der Waals surface area contributed by atoms with Crippen molar-refractivity contribution in [3.8, 4) is 0 Å². The van der Waals surface area contributed by atoms with Gasteiger partial charge in [-0.2, -0.15) is 5.06 Å². The van der Waals surface area contributed by atoms with Gasteiger partial charge in [-0.3, -0.25) is 0 Å². The highest BCUT2D eigenvalue weighted by molar-refractivity contribution is 6.82. The van der Waals surface area contributed by atoms with Crippen LogP contribution in [0.4, 0.5) is 4.79 Å². The summed E-state index contributed by atoms with van der Waals surface area (Å²) in [4.78, 5) is 12.4. The Labute approximate surface area is 207 Å². The minimum absolute atomic E-state index is 0.238. The topological polar surface area (TPSA) is 66.7 Å². The van der Waals surface area contributed by atoms with Gasteiger partial charge in [-0.1, -0.05) is 71.9 Å². The molecule has 0 bridgehead atoms. The van der Waals surface area contributed by atoms with E-state index in [4.69, 9.17) is 4.74 Å². The van der Waals surface area contributed by atoms with Crippen LogP contribution in [0.25, 0.3) is 0 Å². The van der Waals surface area contributed by atoms with E-state index in [-0.39, 0.29) is 6.54 Å². The van der Waals surface area contributed by atoms with Crippen molar-refractivity contribution in [1.82, 2.24) is 14.6 Å². The van der Waals surface area contributed by atoms with E-state index >= 15 is 0 Å². The second kappa shape index (κ2) is 11.6. The molecular weight excluding hydrogens is 442 g/mol. The summed E-state index contributed by atoms with van der Waals surface area (Å²) in [6, 6.07) is 11.5. The van der Waals surface area contributed by atoms with Gasteiger partial charge >= 0.3 is 6.09 Å². The van der Waals surface area contributed by atoms with Gasteiger partial charge in [0.2, 0.25) is 0 Å². The Kier molecular flexibility index (Phi) is 9.57. The lowest BCUT2D eigenvalue weighted by molar-refractivity contribution is -0.136. The van der Waals surface area contributed by atoms with Crippen molar-refractivity contribution in [1.29, 1.82) is 0 Å². The van der Waals surface area contributed by atoms with Crippen LogP contribution in [-0.4, -0.2) is 41.0 Å². The van der Waals surface area contributed by atoms with Crippen LogP contribution in [0.15, 0.2) is 48.8 Å². The minimum Gasteiger partial charge on any atom is -0.444 e. The lowest BCUT2D eigenvalue weighted by Gasteiger charge is -2.44. The first-order valence-electron chi connectivity index (χ1n) is 12.4. The second-order valence-electron chi connectivity index (χ2n) is 11.2. The molecule has 0 spiro atoms. The number of carbonyl (C=O) groups is 1. The summed E-state index contributed by atoms with van der Waals surface area (Å²) in [5, 5.41) is 15.3. The van der Waals surface area contributed by atoms with E-state index in [1.807, 2.05) is 51.1 Å². The molecule has 6 nitrogen and oxygen atoms in total. The number of hydroxylamine groups is 2. The molecule has 34 heavy (non-hydrogen) atoms. The van der Waals surface area contributed by atoms with E-state index < -0.39 is 26.0 Å². The van der Waals surface area contributed by atoms with Crippen molar-refractivity contribution in [2.24, 2.45) is 0 Å². The number of hydrogen-bond acceptors (Lipinski definition) is 4. The summed E-state index contributed by atoms with van der Waals surface area (Å²) in [6.45, 7) is 20.1. The molecular formula is C27H45N3O3Si. The summed E-state index contributed by atoms with van der Waals surface area (Å²) in [5.74, 6) is 0. The van der Waals surface area contributed by atoms with Gasteiger partial charge in [-0.05, 0) is 60.8 Å². The largest absolute Gasteiger partial charge is 0.444 e. The molecule has 1 aromatic heterocycles. The fraction of sp³-hybridized carbons (Fsp3) is 0.593. The third-order valence-electron chi connectivity index (χ3n) is 6.71. The first-order valence-corrected chi connectivity index (χ1v) is 14.6. The number of alkyl carbamates (subject to hydrolysis) is 1. The molecule has 0 saturated heterocycles. The van der Waals surface area contributed by atoms with Crippen molar-refractivity contribution in [2.45, 2.75) is 97.1 Å². The molecule has 2 aromatic rings. The van der Waals surface area contributed by atoms with Crippen LogP contribution in [0, 0.1) is 0 Å². The average molecular weight is 488 g/mol. The summed E-state index contributed by atoms with van der Waals surface area (Å²) >= 11 is 0. The number of hydrogen-bond donors (Lipinski definition) is 2. The van der Waals surface area contributed by atoms with Crippen LogP contribution < -0.4 is 5.32 Å². The summed E-state index contributed by atoms with van der Waals surface area (Å²) < 4.78 is 7.88. The molecule has 1 amide bonds. The van der Waals surface area contributed by atoms with Crippen LogP contribution in [0.2, 0.25) is 16.6 Å². The molecule has 7 heteroatoms. The number of aromatic nitrogens is 1. The maximum absolute atomic E-state index is 12.4. The number of ether oxygens (including phenoxy) is 1. The van der Waals surface area contributed by atoms with E-state index in [9.17, 15) is 10.0 Å². The maximum Gasteiger partial charge on any atom is 0.407 e. The fourth-order valence-corrected chi connectivity index (χ4v) is 12.0. The van der Waals surface area contributed by atoms with E-state index in [0.717, 1.165) is 11.1 Å². The summed E-state index contributed by atoms with van der Waals surface area (Å²) in [7, 11) is -1.91. The predicted octanol–water partition coefficient (Wildman–Crippen LogP) is 6.97. The molecule has 0 fully saturated rings. The summed E-state index contributed by atoms with van der Waals surface area (Å²) in [5.41, 5.74) is 3.07. The van der Waals surface area contributed by atoms with Crippen molar-refractivity contribution >= 4 is 14.3 Å². The first kappa shape index (κ1) is 28.1. The predicted molar refractivity (Wildman–Crippen MR) is 142 cm³/mol. The monoisotopic (exact) mass is 487 g/mol. The van der Waals surface area contributed by atoms with Gasteiger partial charge < -0.3 is 19.5 Å². The van der Waals surface area contributed by atoms with Crippen LogP contribution in [0.5, 0.6) is 0 Å². The number of amides is 1. The molecule has 0 saturated carbocycles. The third kappa shape index (κ3) is 6.74. The number of benzene rings is 1. The van der Waals surface area contributed by atoms with Crippen molar-refractivity contribution < 1.29 is 14.7 Å². The molecule has 190 valence electrons. The van der Waals surface area contributed by atoms with E-state index in [2.05, 4.69) is 69.6 Å². The fourth-order valence-electron chi connectivity index (χ4n) is 5.52. The number of rotatable bonds is 10. The lowest BCUT2D eigenvalue weighted by Crippen LogP contribution is -2.51. The van der Waals surface area contributed by atoms with Gasteiger partial charge in [0, 0.05) is 19.3 Å². The first-order chi connectivity index (χ1) is 15.8. The van der Waals surface area contributed by atoms with Gasteiger partial charge in [-0.15, -0.1) is 0 Å². The van der Waals surface area contributed by atoms with Crippen LogP contribution in [0.1, 0.15) is 79.5 Å². The molecule has 2 rings (SSSR count). The van der Waals surface area contributed by atoms with Gasteiger partial charge in [0.05, 0.1) is 6.04 Å². The molecule has 0 aliphatic rings. The Bertz CT molecular complexity index is 882. The van der Waals surface area contributed by atoms with Crippen LogP contribution in [0.3, 0.4) is 0 Å². The summed E-state index contributed by atoms with van der Waals surface area (Å²) in [6.07, 6.45) is 3.89. The molecule has 1 atom stereocenters. The molecule has 1 aromatic carbocycles. The van der Waals surface area contributed by atoms with Gasteiger partial charge in [0.25, 0.3) is 0 Å². The third-order valence-corrected chi connectivity index (χ3v) is 13.4. The zero-order valence-corrected chi connectivity index (χ0v) is 23.5. The normalized spacial score (nSPS) is 13.7. The molecule has 1 unspecified atom stereocenters.